The van der Waals surface area contributed by atoms with Gasteiger partial charge in [0.1, 0.15) is 17.6 Å². The predicted molar refractivity (Wildman–Crippen MR) is 92.8 cm³/mol. The van der Waals surface area contributed by atoms with Crippen molar-refractivity contribution in [1.29, 1.82) is 0 Å². The van der Waals surface area contributed by atoms with Crippen molar-refractivity contribution in [2.75, 3.05) is 6.61 Å². The van der Waals surface area contributed by atoms with Gasteiger partial charge in [0.05, 0.1) is 12.2 Å². The number of hydrogen-bond donors (Lipinski definition) is 3. The maximum absolute atomic E-state index is 12.9. The number of ketones is 2. The lowest BCUT2D eigenvalue weighted by atomic mass is 9.54. The normalized spacial score (nSPS) is 28.8. The van der Waals surface area contributed by atoms with Crippen LogP contribution < -0.4 is 4.74 Å². The molecule has 138 valence electrons. The highest BCUT2D eigenvalue weighted by molar-refractivity contribution is 6.12. The monoisotopic (exact) mass is 358 g/mol. The number of fused-ring (bicyclic) bond motifs is 4. The smallest absolute Gasteiger partial charge is 0.190 e. The molecule has 3 aliphatic rings. The van der Waals surface area contributed by atoms with Crippen LogP contribution in [-0.2, 0) is 16.6 Å². The quantitative estimate of drug-likeness (QED) is 0.665. The Morgan fingerprint density at radius 2 is 1.88 bits per heavy atom. The molecule has 0 bridgehead atoms. The van der Waals surface area contributed by atoms with E-state index < -0.39 is 22.7 Å². The molecule has 2 atom stereocenters. The van der Waals surface area contributed by atoms with Gasteiger partial charge in [-0.3, -0.25) is 9.59 Å². The number of carbonyl (C=O) groups excluding carboxylic acids is 2. The van der Waals surface area contributed by atoms with Crippen molar-refractivity contribution in [2.24, 2.45) is 5.41 Å². The van der Waals surface area contributed by atoms with E-state index >= 15 is 0 Å². The van der Waals surface area contributed by atoms with Gasteiger partial charge in [-0.15, -0.1) is 0 Å². The molecule has 1 heterocycles. The van der Waals surface area contributed by atoms with Gasteiger partial charge in [0.2, 0.25) is 0 Å². The van der Waals surface area contributed by atoms with Gasteiger partial charge < -0.3 is 20.1 Å². The number of allylic oxidation sites excluding steroid dienone is 2. The molecule has 2 aliphatic carbocycles. The molecule has 0 radical (unpaired) electrons. The number of aliphatic hydroxyl groups excluding tert-OH is 1. The van der Waals surface area contributed by atoms with Crippen LogP contribution >= 0.6 is 0 Å². The molecule has 1 fully saturated rings. The molecule has 6 heteroatoms. The summed E-state index contributed by atoms with van der Waals surface area (Å²) < 4.78 is 5.61. The number of phenols is 2. The van der Waals surface area contributed by atoms with Gasteiger partial charge in [-0.25, -0.2) is 0 Å². The minimum absolute atomic E-state index is 0.0546. The number of Topliss-reactive ketones (excluding diaryl/α,β-unsaturated/α-hetero) is 1. The summed E-state index contributed by atoms with van der Waals surface area (Å²) in [6, 6.07) is 0. The van der Waals surface area contributed by atoms with Gasteiger partial charge in [0.25, 0.3) is 0 Å². The molecular formula is C20H22O6. The number of ether oxygens (including phenoxy) is 1. The first-order valence-corrected chi connectivity index (χ1v) is 8.82. The Bertz CT molecular complexity index is 894. The van der Waals surface area contributed by atoms with E-state index in [2.05, 4.69) is 0 Å². The first kappa shape index (κ1) is 17.1. The fourth-order valence-corrected chi connectivity index (χ4v) is 4.84. The van der Waals surface area contributed by atoms with Crippen molar-refractivity contribution < 1.29 is 29.6 Å². The fourth-order valence-electron chi connectivity index (χ4n) is 4.84. The molecule has 3 N–H and O–H groups in total. The Hall–Kier alpha value is -2.34. The summed E-state index contributed by atoms with van der Waals surface area (Å²) in [7, 11) is 0. The van der Waals surface area contributed by atoms with Crippen LogP contribution in [0.25, 0.3) is 0 Å². The van der Waals surface area contributed by atoms with Crippen LogP contribution in [-0.4, -0.2) is 39.6 Å². The fraction of sp³-hybridized carbons (Fsp3) is 0.500. The van der Waals surface area contributed by atoms with Gasteiger partial charge in [-0.2, -0.15) is 0 Å². The second-order valence-electron chi connectivity index (χ2n) is 8.18. The molecule has 4 rings (SSSR count). The molecule has 1 aromatic carbocycles. The van der Waals surface area contributed by atoms with Gasteiger partial charge in [-0.05, 0) is 31.9 Å². The topological polar surface area (TPSA) is 104 Å². The van der Waals surface area contributed by atoms with Crippen molar-refractivity contribution in [3.05, 3.63) is 28.3 Å². The minimum Gasteiger partial charge on any atom is -0.507 e. The highest BCUT2D eigenvalue weighted by atomic mass is 16.5. The molecule has 0 spiro atoms. The molecular weight excluding hydrogens is 336 g/mol. The standard InChI is InChI=1S/C20H22O6/c1-19(2)12-7-11(22)14-15(20(12,3)5-4-13(19)23)17(25)18-10(16(14)24)6-9(8-21)26-18/h7,9,21,24-25H,4-6,8H2,1-3H3/t9-,20+/m1/s1. The lowest BCUT2D eigenvalue weighted by Crippen LogP contribution is -2.46. The molecule has 0 unspecified atom stereocenters. The van der Waals surface area contributed by atoms with Crippen LogP contribution in [0.15, 0.2) is 11.6 Å². The van der Waals surface area contributed by atoms with Crippen LogP contribution in [0.4, 0.5) is 0 Å². The minimum atomic E-state index is -0.823. The predicted octanol–water partition coefficient (Wildman–Crippen LogP) is 2.16. The molecule has 1 saturated carbocycles. The summed E-state index contributed by atoms with van der Waals surface area (Å²) in [6.45, 7) is 5.22. The Balaban J connectivity index is 2.01. The molecule has 0 amide bonds. The molecule has 1 aliphatic heterocycles. The van der Waals surface area contributed by atoms with Gasteiger partial charge >= 0.3 is 0 Å². The SMILES string of the molecule is CC1(C)C(=O)CC[C@@]2(C)C1=CC(=O)c1c(O)c3c(c(O)c12)O[C@@H](CO)C3. The largest absolute Gasteiger partial charge is 0.507 e. The number of carbonyl (C=O) groups is 2. The molecule has 1 aromatic rings. The second kappa shape index (κ2) is 5.10. The van der Waals surface area contributed by atoms with E-state index in [0.29, 0.717) is 29.5 Å². The Labute approximate surface area is 151 Å². The first-order chi connectivity index (χ1) is 12.1. The highest BCUT2D eigenvalue weighted by Crippen LogP contribution is 2.60. The third kappa shape index (κ3) is 1.91. The van der Waals surface area contributed by atoms with E-state index in [4.69, 9.17) is 4.74 Å². The van der Waals surface area contributed by atoms with E-state index in [9.17, 15) is 24.9 Å². The van der Waals surface area contributed by atoms with Crippen molar-refractivity contribution in [1.82, 2.24) is 0 Å². The molecule has 0 aromatic heterocycles. The zero-order valence-electron chi connectivity index (χ0n) is 15.0. The van der Waals surface area contributed by atoms with E-state index in [1.54, 1.807) is 13.8 Å². The number of phenolic OH excluding ortho intramolecular Hbond substituents is 2. The maximum Gasteiger partial charge on any atom is 0.190 e. The summed E-state index contributed by atoms with van der Waals surface area (Å²) in [4.78, 5) is 25.3. The third-order valence-electron chi connectivity index (χ3n) is 6.31. The van der Waals surface area contributed by atoms with Crippen molar-refractivity contribution in [3.63, 3.8) is 0 Å². The summed E-state index contributed by atoms with van der Waals surface area (Å²) in [5, 5.41) is 31.1. The average molecular weight is 358 g/mol. The van der Waals surface area contributed by atoms with E-state index in [0.717, 1.165) is 0 Å². The zero-order chi connectivity index (χ0) is 19.0. The second-order valence-corrected chi connectivity index (χ2v) is 8.18. The molecule has 0 saturated heterocycles. The van der Waals surface area contributed by atoms with E-state index in [-0.39, 0.29) is 41.6 Å². The first-order valence-electron chi connectivity index (χ1n) is 8.82. The van der Waals surface area contributed by atoms with Gasteiger partial charge in [0, 0.05) is 34.8 Å². The van der Waals surface area contributed by atoms with E-state index in [1.807, 2.05) is 6.92 Å². The average Bonchev–Trinajstić information content (AvgIpc) is 3.03. The van der Waals surface area contributed by atoms with Crippen LogP contribution in [0.2, 0.25) is 0 Å². The summed E-state index contributed by atoms with van der Waals surface area (Å²) in [5.41, 5.74) is -0.158. The van der Waals surface area contributed by atoms with Crippen LogP contribution in [0.3, 0.4) is 0 Å². The number of aliphatic hydroxyl groups is 1. The number of benzene rings is 1. The van der Waals surface area contributed by atoms with Crippen molar-refractivity contribution >= 4 is 11.6 Å². The zero-order valence-corrected chi connectivity index (χ0v) is 15.0. The highest BCUT2D eigenvalue weighted by Gasteiger charge is 2.53. The van der Waals surface area contributed by atoms with Crippen LogP contribution in [0, 0.1) is 5.41 Å². The van der Waals surface area contributed by atoms with Crippen LogP contribution in [0.1, 0.15) is 55.1 Å². The number of aromatic hydroxyl groups is 2. The lowest BCUT2D eigenvalue weighted by molar-refractivity contribution is -0.127. The van der Waals surface area contributed by atoms with Crippen molar-refractivity contribution in [2.45, 2.75) is 51.6 Å². The maximum atomic E-state index is 12.9. The summed E-state index contributed by atoms with van der Waals surface area (Å²) in [5.74, 6) is -0.599. The number of rotatable bonds is 1. The van der Waals surface area contributed by atoms with Gasteiger partial charge in [0.15, 0.2) is 17.3 Å². The van der Waals surface area contributed by atoms with E-state index in [1.165, 1.54) is 6.08 Å². The van der Waals surface area contributed by atoms with Crippen LogP contribution in [0.5, 0.6) is 17.2 Å². The Morgan fingerprint density at radius 3 is 2.54 bits per heavy atom. The Morgan fingerprint density at radius 1 is 1.19 bits per heavy atom. The van der Waals surface area contributed by atoms with Crippen molar-refractivity contribution in [3.8, 4) is 17.2 Å². The third-order valence-corrected chi connectivity index (χ3v) is 6.31. The van der Waals surface area contributed by atoms with Gasteiger partial charge in [-0.1, -0.05) is 6.92 Å². The molecule has 6 nitrogen and oxygen atoms in total. The molecule has 26 heavy (non-hydrogen) atoms. The Kier molecular flexibility index (Phi) is 3.35. The summed E-state index contributed by atoms with van der Waals surface area (Å²) >= 11 is 0. The number of hydrogen-bond acceptors (Lipinski definition) is 6. The lowest BCUT2D eigenvalue weighted by Gasteiger charge is -2.47. The summed E-state index contributed by atoms with van der Waals surface area (Å²) in [6.07, 6.45) is 1.88.